The van der Waals surface area contributed by atoms with Crippen molar-refractivity contribution in [2.75, 3.05) is 26.2 Å². The second-order valence-corrected chi connectivity index (χ2v) is 5.37. The summed E-state index contributed by atoms with van der Waals surface area (Å²) in [5.41, 5.74) is 0. The minimum Gasteiger partial charge on any atom is -0.314 e. The number of hydrogen-bond acceptors (Lipinski definition) is 2. The summed E-state index contributed by atoms with van der Waals surface area (Å²) >= 11 is 5.83. The van der Waals surface area contributed by atoms with E-state index in [-0.39, 0.29) is 0 Å². The van der Waals surface area contributed by atoms with Gasteiger partial charge in [0.1, 0.15) is 0 Å². The minimum atomic E-state index is 0.771. The largest absolute Gasteiger partial charge is 0.314 e. The van der Waals surface area contributed by atoms with Crippen LogP contribution in [0.4, 0.5) is 0 Å². The third-order valence-corrected chi connectivity index (χ3v) is 3.81. The van der Waals surface area contributed by atoms with Crippen LogP contribution >= 0.6 is 11.6 Å². The van der Waals surface area contributed by atoms with Crippen molar-refractivity contribution in [3.63, 3.8) is 0 Å². The van der Waals surface area contributed by atoms with Gasteiger partial charge in [0.15, 0.2) is 0 Å². The Balaban J connectivity index is 1.73. The van der Waals surface area contributed by atoms with Crippen molar-refractivity contribution in [1.29, 1.82) is 0 Å². The summed E-state index contributed by atoms with van der Waals surface area (Å²) in [6.45, 7) is 8.23. The molecule has 0 aromatic heterocycles. The molecule has 2 aliphatic heterocycles. The molecule has 0 bridgehead atoms. The number of halogens is 1. The average molecular weight is 229 g/mol. The van der Waals surface area contributed by atoms with E-state index in [1.54, 1.807) is 0 Å². The lowest BCUT2D eigenvalue weighted by Gasteiger charge is -2.34. The summed E-state index contributed by atoms with van der Waals surface area (Å²) in [5, 5.41) is 4.39. The molecule has 15 heavy (non-hydrogen) atoms. The molecule has 0 spiro atoms. The molecule has 2 aliphatic rings. The van der Waals surface area contributed by atoms with Crippen molar-refractivity contribution < 1.29 is 0 Å². The van der Waals surface area contributed by atoms with E-state index in [0.29, 0.717) is 0 Å². The first kappa shape index (κ1) is 11.4. The third-order valence-electron chi connectivity index (χ3n) is 3.69. The Morgan fingerprint density at radius 3 is 2.60 bits per heavy atom. The summed E-state index contributed by atoms with van der Waals surface area (Å²) in [6, 6.07) is 0.798. The SMILES string of the molecule is C=C(Cl)CN1CCC(C2CCCN2)CC1. The molecule has 2 saturated heterocycles. The van der Waals surface area contributed by atoms with Crippen molar-refractivity contribution in [3.05, 3.63) is 11.6 Å². The molecule has 1 atom stereocenters. The van der Waals surface area contributed by atoms with E-state index in [1.165, 1.54) is 45.3 Å². The Hall–Kier alpha value is -0.0500. The fraction of sp³-hybridized carbons (Fsp3) is 0.833. The normalized spacial score (nSPS) is 29.5. The zero-order valence-electron chi connectivity index (χ0n) is 9.34. The monoisotopic (exact) mass is 228 g/mol. The number of likely N-dealkylation sites (tertiary alicyclic amines) is 1. The van der Waals surface area contributed by atoms with E-state index in [0.717, 1.165) is 23.5 Å². The molecule has 1 unspecified atom stereocenters. The summed E-state index contributed by atoms with van der Waals surface area (Å²) in [5.74, 6) is 0.896. The highest BCUT2D eigenvalue weighted by molar-refractivity contribution is 6.29. The first-order valence-electron chi connectivity index (χ1n) is 6.05. The topological polar surface area (TPSA) is 15.3 Å². The predicted octanol–water partition coefficient (Wildman–Crippen LogP) is 2.20. The number of hydrogen-bond donors (Lipinski definition) is 1. The lowest BCUT2D eigenvalue weighted by molar-refractivity contribution is 0.176. The summed E-state index contributed by atoms with van der Waals surface area (Å²) in [7, 11) is 0. The lowest BCUT2D eigenvalue weighted by Crippen LogP contribution is -2.41. The molecule has 3 heteroatoms. The second-order valence-electron chi connectivity index (χ2n) is 4.83. The summed E-state index contributed by atoms with van der Waals surface area (Å²) in [6.07, 6.45) is 5.39. The van der Waals surface area contributed by atoms with Gasteiger partial charge in [0, 0.05) is 17.6 Å². The highest BCUT2D eigenvalue weighted by Crippen LogP contribution is 2.25. The molecular formula is C12H21ClN2. The lowest BCUT2D eigenvalue weighted by atomic mass is 9.88. The Morgan fingerprint density at radius 2 is 2.07 bits per heavy atom. The van der Waals surface area contributed by atoms with Crippen LogP contribution in [0.5, 0.6) is 0 Å². The Labute approximate surface area is 97.7 Å². The predicted molar refractivity (Wildman–Crippen MR) is 65.2 cm³/mol. The van der Waals surface area contributed by atoms with Crippen LogP contribution in [0.15, 0.2) is 11.6 Å². The van der Waals surface area contributed by atoms with Gasteiger partial charge < -0.3 is 5.32 Å². The van der Waals surface area contributed by atoms with Crippen molar-refractivity contribution in [3.8, 4) is 0 Å². The van der Waals surface area contributed by atoms with Gasteiger partial charge in [-0.15, -0.1) is 0 Å². The van der Waals surface area contributed by atoms with E-state index < -0.39 is 0 Å². The zero-order valence-corrected chi connectivity index (χ0v) is 10.1. The molecule has 2 nitrogen and oxygen atoms in total. The molecule has 2 rings (SSSR count). The van der Waals surface area contributed by atoms with Gasteiger partial charge in [0.2, 0.25) is 0 Å². The highest BCUT2D eigenvalue weighted by atomic mass is 35.5. The van der Waals surface area contributed by atoms with Gasteiger partial charge in [0.25, 0.3) is 0 Å². The molecule has 0 aromatic rings. The third kappa shape index (κ3) is 3.20. The molecule has 0 amide bonds. The van der Waals surface area contributed by atoms with Crippen LogP contribution in [0.3, 0.4) is 0 Å². The van der Waals surface area contributed by atoms with Gasteiger partial charge in [-0.25, -0.2) is 0 Å². The van der Waals surface area contributed by atoms with Gasteiger partial charge >= 0.3 is 0 Å². The second kappa shape index (κ2) is 5.33. The van der Waals surface area contributed by atoms with Crippen molar-refractivity contribution in [2.45, 2.75) is 31.7 Å². The molecule has 0 aliphatic carbocycles. The Bertz CT molecular complexity index is 216. The van der Waals surface area contributed by atoms with E-state index >= 15 is 0 Å². The Kier molecular flexibility index (Phi) is 4.06. The quantitative estimate of drug-likeness (QED) is 0.797. The van der Waals surface area contributed by atoms with Gasteiger partial charge in [0.05, 0.1) is 0 Å². The number of nitrogens with one attached hydrogen (secondary N) is 1. The van der Waals surface area contributed by atoms with Crippen LogP contribution < -0.4 is 5.32 Å². The van der Waals surface area contributed by atoms with Crippen LogP contribution in [0.2, 0.25) is 0 Å². The average Bonchev–Trinajstić information content (AvgIpc) is 2.71. The molecule has 2 heterocycles. The van der Waals surface area contributed by atoms with E-state index in [4.69, 9.17) is 11.6 Å². The smallest absolute Gasteiger partial charge is 0.0335 e. The molecule has 86 valence electrons. The maximum Gasteiger partial charge on any atom is 0.0335 e. The minimum absolute atomic E-state index is 0.771. The molecule has 0 saturated carbocycles. The molecule has 0 aromatic carbocycles. The van der Waals surface area contributed by atoms with Gasteiger partial charge in [-0.2, -0.15) is 0 Å². The van der Waals surface area contributed by atoms with Crippen molar-refractivity contribution >= 4 is 11.6 Å². The molecule has 0 radical (unpaired) electrons. The van der Waals surface area contributed by atoms with Gasteiger partial charge in [-0.3, -0.25) is 4.90 Å². The zero-order chi connectivity index (χ0) is 10.7. The number of piperidine rings is 1. The van der Waals surface area contributed by atoms with Crippen molar-refractivity contribution in [2.24, 2.45) is 5.92 Å². The van der Waals surface area contributed by atoms with E-state index in [1.807, 2.05) is 0 Å². The maximum atomic E-state index is 5.83. The fourth-order valence-electron chi connectivity index (χ4n) is 2.87. The van der Waals surface area contributed by atoms with Gasteiger partial charge in [-0.05, 0) is 51.2 Å². The maximum absolute atomic E-state index is 5.83. The fourth-order valence-corrected chi connectivity index (χ4v) is 3.04. The first-order chi connectivity index (χ1) is 7.25. The molecule has 1 N–H and O–H groups in total. The van der Waals surface area contributed by atoms with Crippen LogP contribution in [0, 0.1) is 5.92 Å². The van der Waals surface area contributed by atoms with Crippen LogP contribution in [0.1, 0.15) is 25.7 Å². The highest BCUT2D eigenvalue weighted by Gasteiger charge is 2.28. The summed E-state index contributed by atoms with van der Waals surface area (Å²) < 4.78 is 0. The van der Waals surface area contributed by atoms with E-state index in [2.05, 4.69) is 16.8 Å². The molecular weight excluding hydrogens is 208 g/mol. The van der Waals surface area contributed by atoms with Crippen molar-refractivity contribution in [1.82, 2.24) is 10.2 Å². The molecule has 2 fully saturated rings. The van der Waals surface area contributed by atoms with E-state index in [9.17, 15) is 0 Å². The number of nitrogens with zero attached hydrogens (tertiary/aromatic N) is 1. The summed E-state index contributed by atoms with van der Waals surface area (Å²) in [4.78, 5) is 2.42. The first-order valence-corrected chi connectivity index (χ1v) is 6.42. The number of rotatable bonds is 3. The van der Waals surface area contributed by atoms with Gasteiger partial charge in [-0.1, -0.05) is 18.2 Å². The standard InChI is InChI=1S/C12H21ClN2/c1-10(13)9-15-7-4-11(5-8-15)12-3-2-6-14-12/h11-12,14H,1-9H2. The van der Waals surface area contributed by atoms with Crippen LogP contribution in [-0.2, 0) is 0 Å². The van der Waals surface area contributed by atoms with Crippen LogP contribution in [-0.4, -0.2) is 37.1 Å². The van der Waals surface area contributed by atoms with Crippen LogP contribution in [0.25, 0.3) is 0 Å². The Morgan fingerprint density at radius 1 is 1.33 bits per heavy atom.